The summed E-state index contributed by atoms with van der Waals surface area (Å²) in [6.07, 6.45) is 0. The first-order valence-corrected chi connectivity index (χ1v) is 12.3. The second-order valence-corrected chi connectivity index (χ2v) is 8.34. The number of benzene rings is 4. The van der Waals surface area contributed by atoms with Crippen LogP contribution in [0.25, 0.3) is 0 Å². The number of aliphatic imine (C=N–C) groups is 2. The number of carbonyl (C=O) groups is 2. The fourth-order valence-corrected chi connectivity index (χ4v) is 3.41. The van der Waals surface area contributed by atoms with Crippen LogP contribution in [0.1, 0.15) is 26.3 Å². The molecule has 0 aliphatic carbocycles. The van der Waals surface area contributed by atoms with Crippen LogP contribution >= 0.6 is 0 Å². The summed E-state index contributed by atoms with van der Waals surface area (Å²) in [6.45, 7) is 1.93. The van der Waals surface area contributed by atoms with E-state index >= 15 is 0 Å². The van der Waals surface area contributed by atoms with Gasteiger partial charge in [0.1, 0.15) is 0 Å². The van der Waals surface area contributed by atoms with Crippen molar-refractivity contribution < 1.29 is 19.8 Å². The predicted octanol–water partition coefficient (Wildman–Crippen LogP) is 4.02. The lowest BCUT2D eigenvalue weighted by molar-refractivity contribution is 0.0651. The minimum absolute atomic E-state index is 0.0115. The number of nitrogens with zero attached hydrogens (tertiary/aromatic N) is 3. The van der Waals surface area contributed by atoms with Crippen LogP contribution in [-0.2, 0) is 0 Å². The topological polar surface area (TPSA) is 230 Å². The van der Waals surface area contributed by atoms with Crippen LogP contribution in [0.2, 0.25) is 0 Å². The van der Waals surface area contributed by atoms with Gasteiger partial charge in [-0.05, 0) is 55.0 Å². The number of para-hydroxylation sites is 3. The van der Waals surface area contributed by atoms with E-state index in [2.05, 4.69) is 9.98 Å². The van der Waals surface area contributed by atoms with Crippen molar-refractivity contribution in [3.63, 3.8) is 0 Å². The molecule has 0 amide bonds. The van der Waals surface area contributed by atoms with E-state index in [1.54, 1.807) is 4.90 Å². The molecule has 4 rings (SSSR count). The van der Waals surface area contributed by atoms with Gasteiger partial charge in [-0.3, -0.25) is 10.3 Å². The van der Waals surface area contributed by atoms with Crippen molar-refractivity contribution in [3.05, 3.63) is 126 Å². The minimum Gasteiger partial charge on any atom is -0.478 e. The van der Waals surface area contributed by atoms with Crippen LogP contribution < -0.4 is 27.8 Å². The summed E-state index contributed by atoms with van der Waals surface area (Å²) in [5.74, 6) is -2.49. The highest BCUT2D eigenvalue weighted by Crippen LogP contribution is 2.23. The number of rotatable bonds is 5. The summed E-state index contributed by atoms with van der Waals surface area (Å²) in [6, 6.07) is 32.3. The molecule has 0 aliphatic heterocycles. The molecule has 12 heteroatoms. The van der Waals surface area contributed by atoms with Gasteiger partial charge < -0.3 is 33.1 Å². The van der Waals surface area contributed by atoms with Crippen molar-refractivity contribution in [1.29, 1.82) is 5.41 Å². The van der Waals surface area contributed by atoms with Gasteiger partial charge in [0, 0.05) is 11.4 Å². The molecule has 0 bridgehead atoms. The first-order valence-electron chi connectivity index (χ1n) is 12.3. The van der Waals surface area contributed by atoms with Crippen LogP contribution in [-0.4, -0.2) is 40.0 Å². The number of guanidine groups is 3. The maximum Gasteiger partial charge on any atom is 0.336 e. The Kier molecular flexibility index (Phi) is 12.2. The Morgan fingerprint density at radius 2 is 1.07 bits per heavy atom. The molecule has 4 aromatic carbocycles. The lowest BCUT2D eigenvalue weighted by atomic mass is 10.1. The average Bonchev–Trinajstić information content (AvgIpc) is 2.95. The lowest BCUT2D eigenvalue weighted by Gasteiger charge is -2.22. The first-order chi connectivity index (χ1) is 20.0. The molecule has 216 valence electrons. The van der Waals surface area contributed by atoms with Crippen molar-refractivity contribution in [2.75, 3.05) is 4.90 Å². The Morgan fingerprint density at radius 1 is 0.667 bits per heavy atom. The molecule has 4 aromatic rings. The van der Waals surface area contributed by atoms with Crippen molar-refractivity contribution in [2.45, 2.75) is 6.92 Å². The molecule has 0 heterocycles. The standard InChI is InChI=1S/C13H13N3.C9H13N5.C8H6O4/c14-13(15)16(11-7-3-1-4-8-11)12-9-5-2-6-10-12;1-6-4-2-3-5-7(6)13-9(12)14-8(10)11;9-7(10)5-3-1-2-4-6(5)8(11)12/h1-10H,(H3,14,15);2-5H,1H3,(H6,10,11,12,13,14);1-4H,(H,9,10)(H,11,12). The van der Waals surface area contributed by atoms with Gasteiger partial charge in [-0.25, -0.2) is 14.6 Å². The largest absolute Gasteiger partial charge is 0.478 e. The quantitative estimate of drug-likeness (QED) is 0.136. The van der Waals surface area contributed by atoms with Crippen molar-refractivity contribution >= 4 is 46.9 Å². The van der Waals surface area contributed by atoms with E-state index in [0.717, 1.165) is 22.6 Å². The Balaban J connectivity index is 0.000000223. The summed E-state index contributed by atoms with van der Waals surface area (Å²) >= 11 is 0. The first kappa shape index (κ1) is 32.0. The smallest absolute Gasteiger partial charge is 0.336 e. The van der Waals surface area contributed by atoms with Crippen molar-refractivity contribution in [1.82, 2.24) is 0 Å². The third-order valence-electron chi connectivity index (χ3n) is 5.25. The van der Waals surface area contributed by atoms with Gasteiger partial charge in [-0.1, -0.05) is 66.7 Å². The van der Waals surface area contributed by atoms with E-state index in [1.807, 2.05) is 91.9 Å². The van der Waals surface area contributed by atoms with Gasteiger partial charge in [0.05, 0.1) is 16.8 Å². The summed E-state index contributed by atoms with van der Waals surface area (Å²) in [5.41, 5.74) is 24.6. The van der Waals surface area contributed by atoms with E-state index in [0.29, 0.717) is 0 Å². The molecule has 0 spiro atoms. The molecule has 0 atom stereocenters. The highest BCUT2D eigenvalue weighted by atomic mass is 16.4. The molecule has 11 N–H and O–H groups in total. The zero-order valence-electron chi connectivity index (χ0n) is 22.8. The molecule has 0 saturated heterocycles. The summed E-state index contributed by atoms with van der Waals surface area (Å²) in [5, 5.41) is 24.7. The Morgan fingerprint density at radius 3 is 1.45 bits per heavy atom. The van der Waals surface area contributed by atoms with Gasteiger partial charge in [0.25, 0.3) is 0 Å². The SMILES string of the molecule is Cc1ccccc1N=C(N)N=C(N)N.N=C(N)N(c1ccccc1)c1ccccc1.O=C(O)c1ccccc1C(=O)O. The molecular formula is C30H32N8O4. The van der Waals surface area contributed by atoms with Crippen LogP contribution in [0.3, 0.4) is 0 Å². The number of carboxylic acids is 2. The molecule has 42 heavy (non-hydrogen) atoms. The van der Waals surface area contributed by atoms with E-state index in [-0.39, 0.29) is 29.0 Å². The number of aromatic carboxylic acids is 2. The molecule has 0 unspecified atom stereocenters. The van der Waals surface area contributed by atoms with Crippen LogP contribution in [0.15, 0.2) is 119 Å². The van der Waals surface area contributed by atoms with Gasteiger partial charge >= 0.3 is 11.9 Å². The number of hydrogen-bond donors (Lipinski definition) is 7. The molecule has 0 radical (unpaired) electrons. The molecule has 0 aliphatic rings. The number of nitrogens with one attached hydrogen (secondary N) is 1. The van der Waals surface area contributed by atoms with E-state index < -0.39 is 11.9 Å². The van der Waals surface area contributed by atoms with E-state index in [4.69, 9.17) is 38.6 Å². The van der Waals surface area contributed by atoms with Crippen LogP contribution in [0.5, 0.6) is 0 Å². The number of anilines is 2. The Hall–Kier alpha value is -6.17. The molecular weight excluding hydrogens is 536 g/mol. The second-order valence-electron chi connectivity index (χ2n) is 8.34. The van der Waals surface area contributed by atoms with Crippen LogP contribution in [0.4, 0.5) is 17.1 Å². The third kappa shape index (κ3) is 10.2. The Bertz CT molecular complexity index is 1480. The lowest BCUT2D eigenvalue weighted by Crippen LogP contribution is -2.32. The van der Waals surface area contributed by atoms with Crippen molar-refractivity contribution in [3.8, 4) is 0 Å². The van der Waals surface area contributed by atoms with Gasteiger partial charge in [-0.15, -0.1) is 0 Å². The molecule has 0 fully saturated rings. The fraction of sp³-hybridized carbons (Fsp3) is 0.0333. The predicted molar refractivity (Wildman–Crippen MR) is 166 cm³/mol. The average molecular weight is 569 g/mol. The maximum atomic E-state index is 10.5. The van der Waals surface area contributed by atoms with Gasteiger partial charge in [0.2, 0.25) is 5.96 Å². The summed E-state index contributed by atoms with van der Waals surface area (Å²) < 4.78 is 0. The minimum atomic E-state index is -1.23. The fourth-order valence-electron chi connectivity index (χ4n) is 3.41. The third-order valence-corrected chi connectivity index (χ3v) is 5.25. The normalized spacial score (nSPS) is 10.1. The molecule has 0 saturated carbocycles. The number of carboxylic acid groups (broad SMARTS) is 2. The molecule has 12 nitrogen and oxygen atoms in total. The van der Waals surface area contributed by atoms with Gasteiger partial charge in [-0.2, -0.15) is 4.99 Å². The monoisotopic (exact) mass is 568 g/mol. The van der Waals surface area contributed by atoms with E-state index in [9.17, 15) is 9.59 Å². The zero-order valence-corrected chi connectivity index (χ0v) is 22.8. The molecule has 0 aromatic heterocycles. The maximum absolute atomic E-state index is 10.5. The number of nitrogens with two attached hydrogens (primary N) is 4. The highest BCUT2D eigenvalue weighted by molar-refractivity contribution is 6.01. The second kappa shape index (κ2) is 16.1. The van der Waals surface area contributed by atoms with E-state index in [1.165, 1.54) is 24.3 Å². The summed E-state index contributed by atoms with van der Waals surface area (Å²) in [4.78, 5) is 30.3. The summed E-state index contributed by atoms with van der Waals surface area (Å²) in [7, 11) is 0. The highest BCUT2D eigenvalue weighted by Gasteiger charge is 2.13. The number of aryl methyl sites for hydroxylation is 1. The van der Waals surface area contributed by atoms with Crippen LogP contribution in [0, 0.1) is 12.3 Å². The zero-order chi connectivity index (χ0) is 31.1. The van der Waals surface area contributed by atoms with Gasteiger partial charge in [0.15, 0.2) is 11.9 Å². The Labute approximate surface area is 242 Å². The van der Waals surface area contributed by atoms with Crippen molar-refractivity contribution in [2.24, 2.45) is 32.9 Å². The number of hydrogen-bond acceptors (Lipinski definition) is 4.